The zero-order valence-electron chi connectivity index (χ0n) is 23.7. The molecule has 4 atom stereocenters. The van der Waals surface area contributed by atoms with E-state index in [0.717, 1.165) is 0 Å². The van der Waals surface area contributed by atoms with E-state index in [4.69, 9.17) is 0 Å². The number of imide groups is 1. The summed E-state index contributed by atoms with van der Waals surface area (Å²) in [5.74, 6) is -1.83. The van der Waals surface area contributed by atoms with Crippen LogP contribution in [0.1, 0.15) is 93.4 Å². The van der Waals surface area contributed by atoms with Crippen LogP contribution in [0.25, 0.3) is 0 Å². The molecule has 9 heteroatoms. The van der Waals surface area contributed by atoms with Crippen LogP contribution >= 0.6 is 0 Å². The molecule has 0 spiro atoms. The van der Waals surface area contributed by atoms with Crippen LogP contribution in [0.4, 0.5) is 0 Å². The number of rotatable bonds is 17. The summed E-state index contributed by atoms with van der Waals surface area (Å²) in [4.78, 5) is 75.1. The minimum Gasteiger partial charge on any atom is -0.356 e. The Hall–Kier alpha value is -2.58. The minimum atomic E-state index is -0.739. The van der Waals surface area contributed by atoms with E-state index in [1.807, 2.05) is 27.7 Å². The summed E-state index contributed by atoms with van der Waals surface area (Å²) in [6.45, 7) is 13.7. The maximum absolute atomic E-state index is 12.5. The molecule has 1 saturated heterocycles. The summed E-state index contributed by atoms with van der Waals surface area (Å²) < 4.78 is 0. The van der Waals surface area contributed by atoms with Crippen molar-refractivity contribution < 1.29 is 28.8 Å². The molecular formula is C28H47N3O6. The molecule has 0 aromatic rings. The van der Waals surface area contributed by atoms with Crippen molar-refractivity contribution in [2.45, 2.75) is 99.5 Å². The average molecular weight is 522 g/mol. The summed E-state index contributed by atoms with van der Waals surface area (Å²) >= 11 is 0. The van der Waals surface area contributed by atoms with Crippen LogP contribution in [0.2, 0.25) is 0 Å². The monoisotopic (exact) mass is 521 g/mol. The fraction of sp³-hybridized carbons (Fsp3) is 0.786. The molecule has 1 unspecified atom stereocenters. The molecule has 2 N–H and O–H groups in total. The maximum atomic E-state index is 12.5. The summed E-state index contributed by atoms with van der Waals surface area (Å²) in [6, 6.07) is -0.739. The first kappa shape index (κ1) is 32.4. The molecule has 0 radical (unpaired) electrons. The number of likely N-dealkylation sites (tertiary alicyclic amines) is 1. The fourth-order valence-corrected chi connectivity index (χ4v) is 4.26. The molecular weight excluding hydrogens is 474 g/mol. The highest BCUT2D eigenvalue weighted by atomic mass is 16.2. The lowest BCUT2D eigenvalue weighted by molar-refractivity contribution is -0.140. The minimum absolute atomic E-state index is 0.0332. The Bertz CT molecular complexity index is 838. The predicted octanol–water partition coefficient (Wildman–Crippen LogP) is 3.05. The molecule has 0 bridgehead atoms. The number of amides is 4. The molecule has 4 amide bonds. The Morgan fingerprint density at radius 3 is 2.05 bits per heavy atom. The Kier molecular flexibility index (Phi) is 13.7. The van der Waals surface area contributed by atoms with Crippen LogP contribution in [0.5, 0.6) is 0 Å². The van der Waals surface area contributed by atoms with Gasteiger partial charge in [0.2, 0.25) is 23.6 Å². The smallest absolute Gasteiger partial charge is 0.233 e. The lowest BCUT2D eigenvalue weighted by atomic mass is 9.94. The fourth-order valence-electron chi connectivity index (χ4n) is 4.26. The van der Waals surface area contributed by atoms with Gasteiger partial charge in [-0.1, -0.05) is 48.0 Å². The molecule has 1 aliphatic rings. The second-order valence-corrected chi connectivity index (χ2v) is 11.3. The number of Topliss-reactive ketones (excluding diaryl/α,β-unsaturated/α-hetero) is 2. The third-order valence-corrected chi connectivity index (χ3v) is 6.88. The molecule has 9 nitrogen and oxygen atoms in total. The highest BCUT2D eigenvalue weighted by Gasteiger charge is 2.39. The van der Waals surface area contributed by atoms with Gasteiger partial charge in [0, 0.05) is 56.5 Å². The lowest BCUT2D eigenvalue weighted by Crippen LogP contribution is -2.43. The van der Waals surface area contributed by atoms with E-state index in [1.165, 1.54) is 4.90 Å². The number of hydrogen-bond acceptors (Lipinski definition) is 6. The predicted molar refractivity (Wildman–Crippen MR) is 141 cm³/mol. The number of hydrogen-bond donors (Lipinski definition) is 2. The molecule has 37 heavy (non-hydrogen) atoms. The van der Waals surface area contributed by atoms with E-state index in [0.29, 0.717) is 44.7 Å². The Balaban J connectivity index is 2.30. The number of ketones is 2. The van der Waals surface area contributed by atoms with Crippen molar-refractivity contribution in [2.24, 2.45) is 29.6 Å². The lowest BCUT2D eigenvalue weighted by Gasteiger charge is -2.19. The van der Waals surface area contributed by atoms with Gasteiger partial charge in [0.25, 0.3) is 0 Å². The molecule has 0 aromatic heterocycles. The Morgan fingerprint density at radius 1 is 0.865 bits per heavy atom. The molecule has 0 saturated carbocycles. The van der Waals surface area contributed by atoms with Crippen molar-refractivity contribution >= 4 is 35.2 Å². The van der Waals surface area contributed by atoms with Gasteiger partial charge in [-0.2, -0.15) is 0 Å². The van der Waals surface area contributed by atoms with E-state index < -0.39 is 17.9 Å². The van der Waals surface area contributed by atoms with E-state index in [9.17, 15) is 28.8 Å². The van der Waals surface area contributed by atoms with Crippen LogP contribution in [0, 0.1) is 29.6 Å². The van der Waals surface area contributed by atoms with Gasteiger partial charge in [-0.05, 0) is 31.6 Å². The molecule has 1 heterocycles. The second-order valence-electron chi connectivity index (χ2n) is 11.3. The van der Waals surface area contributed by atoms with Crippen molar-refractivity contribution in [3.05, 3.63) is 0 Å². The summed E-state index contributed by atoms with van der Waals surface area (Å²) in [7, 11) is 0. The summed E-state index contributed by atoms with van der Waals surface area (Å²) in [5.41, 5.74) is 0. The van der Waals surface area contributed by atoms with Gasteiger partial charge in [0.1, 0.15) is 5.78 Å². The number of carbonyl (C=O) groups is 6. The highest BCUT2D eigenvalue weighted by molar-refractivity contribution is 6.03. The first-order valence-electron chi connectivity index (χ1n) is 13.7. The molecule has 0 aromatic carbocycles. The average Bonchev–Trinajstić information content (AvgIpc) is 3.10. The first-order chi connectivity index (χ1) is 17.2. The van der Waals surface area contributed by atoms with E-state index in [-0.39, 0.29) is 66.3 Å². The van der Waals surface area contributed by atoms with Gasteiger partial charge < -0.3 is 10.6 Å². The first-order valence-corrected chi connectivity index (χ1v) is 13.7. The van der Waals surface area contributed by atoms with Gasteiger partial charge >= 0.3 is 0 Å². The van der Waals surface area contributed by atoms with Crippen molar-refractivity contribution in [2.75, 3.05) is 13.1 Å². The zero-order chi connectivity index (χ0) is 28.3. The van der Waals surface area contributed by atoms with Crippen LogP contribution in [-0.4, -0.2) is 59.2 Å². The number of unbranched alkanes of at least 4 members (excludes halogenated alkanes) is 2. The molecule has 210 valence electrons. The van der Waals surface area contributed by atoms with Crippen LogP contribution in [-0.2, 0) is 28.8 Å². The molecule has 0 aliphatic carbocycles. The van der Waals surface area contributed by atoms with Crippen LogP contribution in [0.3, 0.4) is 0 Å². The molecule has 1 aliphatic heterocycles. The van der Waals surface area contributed by atoms with Crippen molar-refractivity contribution in [3.8, 4) is 0 Å². The van der Waals surface area contributed by atoms with Gasteiger partial charge in [0.15, 0.2) is 5.78 Å². The molecule has 1 rings (SSSR count). The van der Waals surface area contributed by atoms with Crippen molar-refractivity contribution in [1.82, 2.24) is 15.5 Å². The molecule has 1 fully saturated rings. The third-order valence-electron chi connectivity index (χ3n) is 6.88. The van der Waals surface area contributed by atoms with E-state index >= 15 is 0 Å². The van der Waals surface area contributed by atoms with Crippen LogP contribution < -0.4 is 10.6 Å². The van der Waals surface area contributed by atoms with E-state index in [2.05, 4.69) is 10.6 Å². The Labute approximate surface area is 221 Å². The normalized spacial score (nSPS) is 18.2. The number of carbonyl (C=O) groups excluding carboxylic acids is 6. The third kappa shape index (κ3) is 11.1. The standard InChI is InChI=1S/C28H47N3O6/c1-17(2)16-29-26(35)20(6)14-24(33)21(7)30-27(36)19(5)13-22(32)11-9-8-10-12-31-25(34)15-23(18(3)4)28(31)37/h17-21,23H,8-16H2,1-7H3,(H,29,35)(H,30,36)/t19-,20-,21+,23?/m1/s1. The van der Waals surface area contributed by atoms with Crippen molar-refractivity contribution in [1.29, 1.82) is 0 Å². The van der Waals surface area contributed by atoms with Gasteiger partial charge in [0.05, 0.1) is 6.04 Å². The summed E-state index contributed by atoms with van der Waals surface area (Å²) in [5, 5.41) is 5.47. The number of nitrogens with zero attached hydrogens (tertiary/aromatic N) is 1. The quantitative estimate of drug-likeness (QED) is 0.224. The highest BCUT2D eigenvalue weighted by Crippen LogP contribution is 2.26. The maximum Gasteiger partial charge on any atom is 0.233 e. The summed E-state index contributed by atoms with van der Waals surface area (Å²) in [6.07, 6.45) is 2.72. The van der Waals surface area contributed by atoms with E-state index in [1.54, 1.807) is 20.8 Å². The largest absolute Gasteiger partial charge is 0.356 e. The Morgan fingerprint density at radius 2 is 1.49 bits per heavy atom. The van der Waals surface area contributed by atoms with Crippen LogP contribution in [0.15, 0.2) is 0 Å². The topological polar surface area (TPSA) is 130 Å². The second kappa shape index (κ2) is 15.6. The van der Waals surface area contributed by atoms with Gasteiger partial charge in [-0.25, -0.2) is 0 Å². The SMILES string of the molecule is CC(C)CNC(=O)[C@H](C)CC(=O)[C@H](C)NC(=O)[C@H](C)CC(=O)CCCCCN1C(=O)CC(C(C)C)C1=O. The van der Waals surface area contributed by atoms with Crippen molar-refractivity contribution in [3.63, 3.8) is 0 Å². The number of nitrogens with one attached hydrogen (secondary N) is 2. The van der Waals surface area contributed by atoms with Gasteiger partial charge in [-0.15, -0.1) is 0 Å². The van der Waals surface area contributed by atoms with Gasteiger partial charge in [-0.3, -0.25) is 33.7 Å². The zero-order valence-corrected chi connectivity index (χ0v) is 23.7.